The highest BCUT2D eigenvalue weighted by Gasteiger charge is 2.05. The highest BCUT2D eigenvalue weighted by atomic mass is 32.1. The summed E-state index contributed by atoms with van der Waals surface area (Å²) >= 11 is 1.45. The number of rotatable bonds is 5. The normalized spacial score (nSPS) is 10.8. The van der Waals surface area contributed by atoms with Crippen molar-refractivity contribution in [3.8, 4) is 5.75 Å². The first-order chi connectivity index (χ1) is 9.15. The Morgan fingerprint density at radius 3 is 3.05 bits per heavy atom. The van der Waals surface area contributed by atoms with Gasteiger partial charge in [0.05, 0.1) is 11.2 Å². The number of benzene rings is 1. The van der Waals surface area contributed by atoms with Crippen LogP contribution in [0.2, 0.25) is 0 Å². The minimum atomic E-state index is -1.10. The molecule has 0 saturated carbocycles. The van der Waals surface area contributed by atoms with Gasteiger partial charge < -0.3 is 9.84 Å². The Labute approximate surface area is 112 Å². The van der Waals surface area contributed by atoms with E-state index in [2.05, 4.69) is 4.98 Å². The lowest BCUT2D eigenvalue weighted by molar-refractivity contribution is -0.131. The lowest BCUT2D eigenvalue weighted by atomic mass is 10.2. The fraction of sp³-hybridized carbons (Fsp3) is 0.0769. The van der Waals surface area contributed by atoms with Gasteiger partial charge in [-0.15, -0.1) is 11.3 Å². The van der Waals surface area contributed by atoms with Gasteiger partial charge in [0, 0.05) is 17.0 Å². The van der Waals surface area contributed by atoms with E-state index >= 15 is 0 Å². The van der Waals surface area contributed by atoms with E-state index in [1.807, 2.05) is 5.38 Å². The monoisotopic (exact) mass is 279 g/mol. The second-order valence-corrected chi connectivity index (χ2v) is 4.34. The van der Waals surface area contributed by atoms with E-state index in [1.165, 1.54) is 35.6 Å². The second-order valence-electron chi connectivity index (χ2n) is 3.62. The van der Waals surface area contributed by atoms with Crippen LogP contribution in [0.15, 0.2) is 35.2 Å². The first-order valence-electron chi connectivity index (χ1n) is 5.35. The number of hydrogen-bond donors (Lipinski definition) is 1. The fourth-order valence-corrected chi connectivity index (χ4v) is 1.95. The molecule has 1 aromatic heterocycles. The van der Waals surface area contributed by atoms with Crippen LogP contribution in [-0.2, 0) is 11.4 Å². The van der Waals surface area contributed by atoms with Crippen molar-refractivity contribution in [1.29, 1.82) is 0 Å². The van der Waals surface area contributed by atoms with E-state index in [4.69, 9.17) is 9.84 Å². The van der Waals surface area contributed by atoms with Crippen molar-refractivity contribution in [2.75, 3.05) is 0 Å². The van der Waals surface area contributed by atoms with Crippen LogP contribution in [0.25, 0.3) is 6.08 Å². The van der Waals surface area contributed by atoms with Gasteiger partial charge >= 0.3 is 5.97 Å². The molecule has 0 radical (unpaired) electrons. The zero-order valence-electron chi connectivity index (χ0n) is 9.75. The largest absolute Gasteiger partial charge is 0.487 e. The summed E-state index contributed by atoms with van der Waals surface area (Å²) in [5, 5.41) is 10.4. The average Bonchev–Trinajstić information content (AvgIpc) is 2.88. The third kappa shape index (κ3) is 3.89. The van der Waals surface area contributed by atoms with Crippen LogP contribution >= 0.6 is 11.3 Å². The molecular formula is C13H10FNO3S. The lowest BCUT2D eigenvalue weighted by Gasteiger charge is -2.08. The summed E-state index contributed by atoms with van der Waals surface area (Å²) in [4.78, 5) is 14.5. The molecule has 2 aromatic rings. The minimum Gasteiger partial charge on any atom is -0.487 e. The molecule has 0 aliphatic rings. The summed E-state index contributed by atoms with van der Waals surface area (Å²) < 4.78 is 18.6. The van der Waals surface area contributed by atoms with Gasteiger partial charge in [-0.3, -0.25) is 0 Å². The molecule has 1 N–H and O–H groups in total. The number of aliphatic carboxylic acids is 1. The van der Waals surface area contributed by atoms with Crippen LogP contribution in [-0.4, -0.2) is 16.1 Å². The average molecular weight is 279 g/mol. The van der Waals surface area contributed by atoms with Crippen molar-refractivity contribution in [2.24, 2.45) is 0 Å². The Bertz CT molecular complexity index is 596. The van der Waals surface area contributed by atoms with E-state index in [9.17, 15) is 9.18 Å². The number of ether oxygens (including phenoxy) is 1. The molecule has 19 heavy (non-hydrogen) atoms. The second kappa shape index (κ2) is 6.10. The molecule has 0 aliphatic heterocycles. The third-order valence-electron chi connectivity index (χ3n) is 2.24. The summed E-state index contributed by atoms with van der Waals surface area (Å²) in [5.41, 5.74) is 2.83. The van der Waals surface area contributed by atoms with Crippen molar-refractivity contribution in [3.63, 3.8) is 0 Å². The van der Waals surface area contributed by atoms with E-state index in [-0.39, 0.29) is 6.61 Å². The fourth-order valence-electron chi connectivity index (χ4n) is 1.40. The predicted octanol–water partition coefficient (Wildman–Crippen LogP) is 2.96. The maximum Gasteiger partial charge on any atom is 0.328 e. The van der Waals surface area contributed by atoms with E-state index in [0.717, 1.165) is 11.8 Å². The molecule has 1 aromatic carbocycles. The van der Waals surface area contributed by atoms with Gasteiger partial charge in [0.1, 0.15) is 18.2 Å². The summed E-state index contributed by atoms with van der Waals surface area (Å²) in [7, 11) is 0. The minimum absolute atomic E-state index is 0.253. The molecule has 0 saturated heterocycles. The van der Waals surface area contributed by atoms with Gasteiger partial charge in [-0.05, 0) is 24.3 Å². The molecule has 0 unspecified atom stereocenters. The first kappa shape index (κ1) is 13.2. The Hall–Kier alpha value is -2.21. The zero-order valence-corrected chi connectivity index (χ0v) is 10.6. The van der Waals surface area contributed by atoms with Gasteiger partial charge in [-0.1, -0.05) is 0 Å². The van der Waals surface area contributed by atoms with Crippen LogP contribution < -0.4 is 4.74 Å². The Balaban J connectivity index is 2.16. The maximum absolute atomic E-state index is 13.1. The number of thiazole rings is 1. The summed E-state index contributed by atoms with van der Waals surface area (Å²) in [6, 6.07) is 3.94. The molecule has 2 rings (SSSR count). The van der Waals surface area contributed by atoms with E-state index in [0.29, 0.717) is 11.3 Å². The van der Waals surface area contributed by atoms with Crippen LogP contribution in [0, 0.1) is 5.82 Å². The molecule has 98 valence electrons. The molecule has 0 aliphatic carbocycles. The van der Waals surface area contributed by atoms with Crippen LogP contribution in [0.1, 0.15) is 11.3 Å². The van der Waals surface area contributed by atoms with Crippen LogP contribution in [0.5, 0.6) is 5.75 Å². The number of aromatic nitrogens is 1. The van der Waals surface area contributed by atoms with Crippen LogP contribution in [0.4, 0.5) is 4.39 Å². The third-order valence-corrected chi connectivity index (χ3v) is 2.87. The number of halogens is 1. The topological polar surface area (TPSA) is 59.4 Å². The summed E-state index contributed by atoms with van der Waals surface area (Å²) in [6.07, 6.45) is 2.23. The van der Waals surface area contributed by atoms with Crippen molar-refractivity contribution < 1.29 is 19.0 Å². The number of nitrogens with zero attached hydrogens (tertiary/aromatic N) is 1. The number of carboxylic acids is 1. The molecule has 0 amide bonds. The van der Waals surface area contributed by atoms with E-state index < -0.39 is 11.8 Å². The predicted molar refractivity (Wildman–Crippen MR) is 69.5 cm³/mol. The van der Waals surface area contributed by atoms with Gasteiger partial charge in [-0.2, -0.15) is 0 Å². The van der Waals surface area contributed by atoms with Gasteiger partial charge in [0.2, 0.25) is 0 Å². The molecule has 0 atom stereocenters. The molecule has 0 bridgehead atoms. The Morgan fingerprint density at radius 1 is 1.53 bits per heavy atom. The Morgan fingerprint density at radius 2 is 2.37 bits per heavy atom. The molecule has 0 fully saturated rings. The van der Waals surface area contributed by atoms with Gasteiger partial charge in [0.25, 0.3) is 0 Å². The standard InChI is InChI=1S/C13H10FNO3S/c14-10-2-3-12(9(5-10)1-4-13(16)17)18-6-11-7-19-8-15-11/h1-5,7-8H,6H2,(H,16,17)/b4-1+. The maximum atomic E-state index is 13.1. The smallest absolute Gasteiger partial charge is 0.328 e. The number of hydrogen-bond acceptors (Lipinski definition) is 4. The van der Waals surface area contributed by atoms with Crippen molar-refractivity contribution >= 4 is 23.4 Å². The molecule has 4 nitrogen and oxygen atoms in total. The zero-order chi connectivity index (χ0) is 13.7. The first-order valence-corrected chi connectivity index (χ1v) is 6.30. The molecule has 1 heterocycles. The van der Waals surface area contributed by atoms with Crippen molar-refractivity contribution in [3.05, 3.63) is 52.2 Å². The SMILES string of the molecule is O=C(O)/C=C/c1cc(F)ccc1OCc1cscn1. The van der Waals surface area contributed by atoms with Gasteiger partial charge in [0.15, 0.2) is 0 Å². The summed E-state index contributed by atoms with van der Waals surface area (Å²) in [5.74, 6) is -1.15. The quantitative estimate of drug-likeness (QED) is 0.855. The molecule has 6 heteroatoms. The summed E-state index contributed by atoms with van der Waals surface area (Å²) in [6.45, 7) is 0.253. The highest BCUT2D eigenvalue weighted by Crippen LogP contribution is 2.22. The van der Waals surface area contributed by atoms with Crippen molar-refractivity contribution in [1.82, 2.24) is 4.98 Å². The number of carbonyl (C=O) groups is 1. The number of carboxylic acid groups (broad SMARTS) is 1. The van der Waals surface area contributed by atoms with Gasteiger partial charge in [-0.25, -0.2) is 14.2 Å². The molecule has 0 spiro atoms. The Kier molecular flexibility index (Phi) is 4.25. The van der Waals surface area contributed by atoms with Crippen LogP contribution in [0.3, 0.4) is 0 Å². The lowest BCUT2D eigenvalue weighted by Crippen LogP contribution is -1.98. The molecular weight excluding hydrogens is 269 g/mol. The van der Waals surface area contributed by atoms with E-state index in [1.54, 1.807) is 5.51 Å². The highest BCUT2D eigenvalue weighted by molar-refractivity contribution is 7.07. The van der Waals surface area contributed by atoms with Crippen molar-refractivity contribution in [2.45, 2.75) is 6.61 Å².